The van der Waals surface area contributed by atoms with Crippen molar-refractivity contribution in [2.45, 2.75) is 38.0 Å². The highest BCUT2D eigenvalue weighted by Gasteiger charge is 2.23. The van der Waals surface area contributed by atoms with Gasteiger partial charge in [-0.25, -0.2) is 0 Å². The van der Waals surface area contributed by atoms with Gasteiger partial charge < -0.3 is 9.73 Å². The second kappa shape index (κ2) is 11.9. The number of nitrogens with one attached hydrogen (secondary N) is 1. The van der Waals surface area contributed by atoms with Crippen LogP contribution in [0, 0.1) is 0 Å². The molecule has 1 saturated carbocycles. The van der Waals surface area contributed by atoms with E-state index in [9.17, 15) is 0 Å². The van der Waals surface area contributed by atoms with Crippen molar-refractivity contribution in [2.75, 3.05) is 5.32 Å². The van der Waals surface area contributed by atoms with Gasteiger partial charge in [-0.05, 0) is 104 Å². The molecule has 1 N–H and O–H groups in total. The van der Waals surface area contributed by atoms with Crippen LogP contribution in [0.3, 0.4) is 0 Å². The van der Waals surface area contributed by atoms with Crippen LogP contribution in [0.1, 0.15) is 43.6 Å². The molecule has 50 heavy (non-hydrogen) atoms. The standard InChI is InChI=1S/C48H37NO/c1-2-12-32(13-3-1)42-18-10-19-43-46-41-17-7-6-15-38(41)30-45(48(46)50-47(42)43)49-44-20-9-8-16-40(44)39-26-25-36-28-35(23-24-37(36)29-39)34-22-21-31-11-4-5-14-33(31)27-34/h4-11,14-30,32,49H,1-3,12-13H2. The van der Waals surface area contributed by atoms with Crippen molar-refractivity contribution >= 4 is 65.6 Å². The van der Waals surface area contributed by atoms with E-state index >= 15 is 0 Å². The van der Waals surface area contributed by atoms with Crippen LogP contribution < -0.4 is 5.32 Å². The van der Waals surface area contributed by atoms with Crippen LogP contribution >= 0.6 is 0 Å². The van der Waals surface area contributed by atoms with Crippen LogP contribution in [0.15, 0.2) is 156 Å². The molecule has 0 unspecified atom stereocenters. The minimum atomic E-state index is 0.563. The summed E-state index contributed by atoms with van der Waals surface area (Å²) in [7, 11) is 0. The maximum Gasteiger partial charge on any atom is 0.159 e. The van der Waals surface area contributed by atoms with Crippen LogP contribution in [0.25, 0.3) is 76.5 Å². The summed E-state index contributed by atoms with van der Waals surface area (Å²) in [6.45, 7) is 0. The largest absolute Gasteiger partial charge is 0.454 e. The van der Waals surface area contributed by atoms with Gasteiger partial charge >= 0.3 is 0 Å². The number of hydrogen-bond donors (Lipinski definition) is 1. The fourth-order valence-corrected chi connectivity index (χ4v) is 8.45. The zero-order valence-electron chi connectivity index (χ0n) is 28.0. The number of hydrogen-bond acceptors (Lipinski definition) is 2. The summed E-state index contributed by atoms with van der Waals surface area (Å²) >= 11 is 0. The number of para-hydroxylation sites is 2. The molecule has 0 spiro atoms. The molecule has 8 aromatic carbocycles. The first-order chi connectivity index (χ1) is 24.8. The molecule has 1 heterocycles. The van der Waals surface area contributed by atoms with Crippen molar-refractivity contribution in [1.82, 2.24) is 0 Å². The Balaban J connectivity index is 1.06. The Hall–Kier alpha value is -5.86. The molecule has 2 nitrogen and oxygen atoms in total. The summed E-state index contributed by atoms with van der Waals surface area (Å²) in [5.74, 6) is 0.563. The molecule has 1 aliphatic rings. The summed E-state index contributed by atoms with van der Waals surface area (Å²) < 4.78 is 6.96. The van der Waals surface area contributed by atoms with Gasteiger partial charge in [0.15, 0.2) is 5.58 Å². The van der Waals surface area contributed by atoms with Crippen molar-refractivity contribution < 1.29 is 4.42 Å². The van der Waals surface area contributed by atoms with Gasteiger partial charge in [0.05, 0.1) is 5.69 Å². The van der Waals surface area contributed by atoms with Gasteiger partial charge in [-0.1, -0.05) is 141 Å². The van der Waals surface area contributed by atoms with E-state index in [2.05, 4.69) is 157 Å². The van der Waals surface area contributed by atoms with Crippen LogP contribution in [0.5, 0.6) is 0 Å². The number of fused-ring (bicyclic) bond motifs is 7. The summed E-state index contributed by atoms with van der Waals surface area (Å²) in [6.07, 6.45) is 6.43. The lowest BCUT2D eigenvalue weighted by Gasteiger charge is -2.21. The SMILES string of the molecule is c1ccc(-c2ccc3cc(-c4ccc5ccccc5c4)ccc3c2)c(Nc2cc3ccccc3c3c2oc2c(C4CCCCC4)cccc23)c1. The maximum absolute atomic E-state index is 6.96. The monoisotopic (exact) mass is 643 g/mol. The maximum atomic E-state index is 6.96. The molecule has 1 fully saturated rings. The van der Waals surface area contributed by atoms with E-state index in [0.717, 1.165) is 28.1 Å². The smallest absolute Gasteiger partial charge is 0.159 e. The lowest BCUT2D eigenvalue weighted by molar-refractivity contribution is 0.442. The number of furan rings is 1. The van der Waals surface area contributed by atoms with Gasteiger partial charge in [-0.2, -0.15) is 0 Å². The Morgan fingerprint density at radius 1 is 0.440 bits per heavy atom. The van der Waals surface area contributed by atoms with Gasteiger partial charge in [-0.15, -0.1) is 0 Å². The third kappa shape index (κ3) is 4.94. The molecule has 240 valence electrons. The summed E-state index contributed by atoms with van der Waals surface area (Å²) in [6, 6.07) is 55.3. The lowest BCUT2D eigenvalue weighted by Crippen LogP contribution is -2.04. The van der Waals surface area contributed by atoms with E-state index in [4.69, 9.17) is 4.42 Å². The van der Waals surface area contributed by atoms with Crippen molar-refractivity contribution in [1.29, 1.82) is 0 Å². The summed E-state index contributed by atoms with van der Waals surface area (Å²) in [5.41, 5.74) is 10.2. The molecule has 9 aromatic rings. The van der Waals surface area contributed by atoms with Crippen molar-refractivity contribution in [3.05, 3.63) is 157 Å². The zero-order valence-corrected chi connectivity index (χ0v) is 28.0. The Kier molecular flexibility index (Phi) is 6.94. The first kappa shape index (κ1) is 29.1. The molecule has 0 radical (unpaired) electrons. The second-order valence-corrected chi connectivity index (χ2v) is 14.0. The van der Waals surface area contributed by atoms with Crippen LogP contribution in [-0.2, 0) is 0 Å². The molecule has 0 bridgehead atoms. The normalized spacial score (nSPS) is 13.9. The molecule has 0 aliphatic heterocycles. The van der Waals surface area contributed by atoms with E-state index in [1.54, 1.807) is 0 Å². The molecule has 2 heteroatoms. The average molecular weight is 644 g/mol. The number of anilines is 2. The van der Waals surface area contributed by atoms with Crippen molar-refractivity contribution in [3.63, 3.8) is 0 Å². The van der Waals surface area contributed by atoms with Crippen molar-refractivity contribution in [3.8, 4) is 22.3 Å². The van der Waals surface area contributed by atoms with Crippen LogP contribution in [0.2, 0.25) is 0 Å². The molecule has 1 aromatic heterocycles. The molecule has 0 atom stereocenters. The molecule has 0 amide bonds. The Morgan fingerprint density at radius 2 is 1.06 bits per heavy atom. The zero-order chi connectivity index (χ0) is 33.0. The third-order valence-corrected chi connectivity index (χ3v) is 11.0. The fraction of sp³-hybridized carbons (Fsp3) is 0.125. The fourth-order valence-electron chi connectivity index (χ4n) is 8.45. The first-order valence-electron chi connectivity index (χ1n) is 18.0. The molecular formula is C48H37NO. The molecule has 0 saturated heterocycles. The van der Waals surface area contributed by atoms with E-state index < -0.39 is 0 Å². The first-order valence-corrected chi connectivity index (χ1v) is 18.0. The second-order valence-electron chi connectivity index (χ2n) is 14.0. The van der Waals surface area contributed by atoms with Gasteiger partial charge in [0, 0.05) is 22.0 Å². The topological polar surface area (TPSA) is 25.2 Å². The minimum Gasteiger partial charge on any atom is -0.454 e. The van der Waals surface area contributed by atoms with E-state index in [1.165, 1.54) is 97.4 Å². The predicted molar refractivity (Wildman–Crippen MR) is 213 cm³/mol. The highest BCUT2D eigenvalue weighted by Crippen LogP contribution is 2.45. The third-order valence-electron chi connectivity index (χ3n) is 11.0. The lowest BCUT2D eigenvalue weighted by atomic mass is 9.83. The summed E-state index contributed by atoms with van der Waals surface area (Å²) in [5, 5.41) is 13.7. The van der Waals surface area contributed by atoms with Crippen LogP contribution in [0.4, 0.5) is 11.4 Å². The van der Waals surface area contributed by atoms with E-state index in [1.807, 2.05) is 0 Å². The average Bonchev–Trinajstić information content (AvgIpc) is 3.59. The Bertz CT molecular complexity index is 2730. The summed E-state index contributed by atoms with van der Waals surface area (Å²) in [4.78, 5) is 0. The number of benzene rings is 8. The Morgan fingerprint density at radius 3 is 1.88 bits per heavy atom. The van der Waals surface area contributed by atoms with Gasteiger partial charge in [0.25, 0.3) is 0 Å². The van der Waals surface area contributed by atoms with Crippen molar-refractivity contribution in [2.24, 2.45) is 0 Å². The minimum absolute atomic E-state index is 0.563. The quantitative estimate of drug-likeness (QED) is 0.202. The van der Waals surface area contributed by atoms with Gasteiger partial charge in [0.1, 0.15) is 5.58 Å². The van der Waals surface area contributed by atoms with Gasteiger partial charge in [-0.3, -0.25) is 0 Å². The van der Waals surface area contributed by atoms with E-state index in [0.29, 0.717) is 5.92 Å². The van der Waals surface area contributed by atoms with Crippen LogP contribution in [-0.4, -0.2) is 0 Å². The highest BCUT2D eigenvalue weighted by molar-refractivity contribution is 6.23. The molecular weight excluding hydrogens is 607 g/mol. The Labute approximate surface area is 292 Å². The molecule has 10 rings (SSSR count). The highest BCUT2D eigenvalue weighted by atomic mass is 16.3. The van der Waals surface area contributed by atoms with Gasteiger partial charge in [0.2, 0.25) is 0 Å². The predicted octanol–water partition coefficient (Wildman–Crippen LogP) is 14.2. The number of rotatable bonds is 5. The molecule has 1 aliphatic carbocycles. The van der Waals surface area contributed by atoms with E-state index in [-0.39, 0.29) is 0 Å².